The highest BCUT2D eigenvalue weighted by molar-refractivity contribution is 6.35. The number of benzene rings is 2. The molecule has 2 aromatic rings. The Morgan fingerprint density at radius 2 is 1.78 bits per heavy atom. The van der Waals surface area contributed by atoms with Crippen LogP contribution in [0, 0.1) is 0 Å². The topological polar surface area (TPSA) is 113 Å². The van der Waals surface area contributed by atoms with Crippen LogP contribution in [0.1, 0.15) is 22.3 Å². The summed E-state index contributed by atoms with van der Waals surface area (Å²) in [6.07, 6.45) is 0.0549. The van der Waals surface area contributed by atoms with E-state index in [9.17, 15) is 14.4 Å². The Bertz CT molecular complexity index is 858. The van der Waals surface area contributed by atoms with Crippen LogP contribution < -0.4 is 21.7 Å². The molecule has 0 spiro atoms. The molecule has 0 saturated heterocycles. The van der Waals surface area contributed by atoms with Crippen LogP contribution in [0.5, 0.6) is 0 Å². The third-order valence-corrected chi connectivity index (χ3v) is 4.08. The molecule has 0 aliphatic heterocycles. The Kier molecular flexibility index (Phi) is 7.45. The van der Waals surface area contributed by atoms with Gasteiger partial charge < -0.3 is 21.7 Å². The van der Waals surface area contributed by atoms with Crippen LogP contribution in [0.25, 0.3) is 0 Å². The van der Waals surface area contributed by atoms with E-state index in [-0.39, 0.29) is 25.4 Å². The molecule has 4 amide bonds. The normalized spacial score (nSPS) is 10.1. The zero-order valence-electron chi connectivity index (χ0n) is 14.2. The highest BCUT2D eigenvalue weighted by atomic mass is 35.5. The monoisotopic (exact) mass is 408 g/mol. The second-order valence-corrected chi connectivity index (χ2v) is 6.44. The highest BCUT2D eigenvalue weighted by Gasteiger charge is 2.09. The molecule has 0 fully saturated rings. The minimum absolute atomic E-state index is 0.0549. The molecule has 0 aliphatic carbocycles. The average Bonchev–Trinajstić information content (AvgIpc) is 2.61. The Morgan fingerprint density at radius 1 is 1.00 bits per heavy atom. The van der Waals surface area contributed by atoms with Gasteiger partial charge in [0.25, 0.3) is 5.91 Å². The number of rotatable bonds is 7. The molecule has 0 aliphatic rings. The van der Waals surface area contributed by atoms with E-state index in [0.717, 1.165) is 5.56 Å². The van der Waals surface area contributed by atoms with Gasteiger partial charge in [0.2, 0.25) is 5.91 Å². The first-order valence-electron chi connectivity index (χ1n) is 8.00. The lowest BCUT2D eigenvalue weighted by Gasteiger charge is -2.10. The summed E-state index contributed by atoms with van der Waals surface area (Å²) in [6, 6.07) is 10.9. The standard InChI is InChI=1S/C18H18Cl2N4O3/c19-13-5-4-12(15(20)9-13)10-23-18(27)24-14-3-1-2-11(8-14)17(26)22-7-6-16(21)25/h1-5,8-9H,6-7,10H2,(H2,21,25)(H,22,26)(H2,23,24,27). The lowest BCUT2D eigenvalue weighted by molar-refractivity contribution is -0.117. The van der Waals surface area contributed by atoms with Gasteiger partial charge >= 0.3 is 6.03 Å². The molecule has 0 heterocycles. The predicted molar refractivity (Wildman–Crippen MR) is 105 cm³/mol. The van der Waals surface area contributed by atoms with Crippen molar-refractivity contribution in [3.8, 4) is 0 Å². The van der Waals surface area contributed by atoms with Crippen LogP contribution >= 0.6 is 23.2 Å². The Hall–Kier alpha value is -2.77. The first-order chi connectivity index (χ1) is 12.8. The first kappa shape index (κ1) is 20.5. The number of primary amides is 1. The predicted octanol–water partition coefficient (Wildman–Crippen LogP) is 2.92. The second kappa shape index (κ2) is 9.80. The molecule has 9 heteroatoms. The van der Waals surface area contributed by atoms with Crippen LogP contribution in [0.15, 0.2) is 42.5 Å². The van der Waals surface area contributed by atoms with Crippen molar-refractivity contribution in [2.24, 2.45) is 5.73 Å². The largest absolute Gasteiger partial charge is 0.370 e. The van der Waals surface area contributed by atoms with Gasteiger partial charge in [-0.05, 0) is 35.9 Å². The molecule has 142 valence electrons. The molecule has 5 N–H and O–H groups in total. The summed E-state index contributed by atoms with van der Waals surface area (Å²) in [5.41, 5.74) is 6.53. The maximum Gasteiger partial charge on any atom is 0.319 e. The molecule has 7 nitrogen and oxygen atoms in total. The van der Waals surface area contributed by atoms with Gasteiger partial charge in [-0.2, -0.15) is 0 Å². The summed E-state index contributed by atoms with van der Waals surface area (Å²) >= 11 is 11.9. The summed E-state index contributed by atoms with van der Waals surface area (Å²) in [5, 5.41) is 8.86. The van der Waals surface area contributed by atoms with Gasteiger partial charge in [-0.1, -0.05) is 35.3 Å². The van der Waals surface area contributed by atoms with Crippen molar-refractivity contribution in [2.45, 2.75) is 13.0 Å². The average molecular weight is 409 g/mol. The van der Waals surface area contributed by atoms with Gasteiger partial charge in [0.1, 0.15) is 0 Å². The van der Waals surface area contributed by atoms with Crippen LogP contribution in [0.4, 0.5) is 10.5 Å². The number of urea groups is 1. The molecule has 0 radical (unpaired) electrons. The summed E-state index contributed by atoms with van der Waals surface area (Å²) in [6.45, 7) is 0.364. The summed E-state index contributed by atoms with van der Waals surface area (Å²) in [4.78, 5) is 34.8. The van der Waals surface area contributed by atoms with Crippen molar-refractivity contribution in [1.29, 1.82) is 0 Å². The van der Waals surface area contributed by atoms with Gasteiger partial charge in [0, 0.05) is 40.8 Å². The molecule has 2 aromatic carbocycles. The maximum atomic E-state index is 12.0. The van der Waals surface area contributed by atoms with Crippen LogP contribution in [0.3, 0.4) is 0 Å². The van der Waals surface area contributed by atoms with E-state index >= 15 is 0 Å². The van der Waals surface area contributed by atoms with Gasteiger partial charge in [0.15, 0.2) is 0 Å². The molecule has 0 saturated carbocycles. The number of nitrogens with one attached hydrogen (secondary N) is 3. The number of hydrogen-bond donors (Lipinski definition) is 4. The summed E-state index contributed by atoms with van der Waals surface area (Å²) in [5.74, 6) is -0.864. The number of amides is 4. The van der Waals surface area contributed by atoms with Crippen LogP contribution in [0.2, 0.25) is 10.0 Å². The lowest BCUT2D eigenvalue weighted by Crippen LogP contribution is -2.29. The molecule has 0 unspecified atom stereocenters. The van der Waals surface area contributed by atoms with Crippen molar-refractivity contribution in [3.63, 3.8) is 0 Å². The second-order valence-electron chi connectivity index (χ2n) is 5.60. The van der Waals surface area contributed by atoms with Crippen molar-refractivity contribution in [1.82, 2.24) is 10.6 Å². The fourth-order valence-electron chi connectivity index (χ4n) is 2.16. The van der Waals surface area contributed by atoms with E-state index in [2.05, 4.69) is 16.0 Å². The third-order valence-electron chi connectivity index (χ3n) is 3.49. The first-order valence-corrected chi connectivity index (χ1v) is 8.76. The third kappa shape index (κ3) is 6.80. The number of nitrogens with two attached hydrogens (primary N) is 1. The van der Waals surface area contributed by atoms with Gasteiger partial charge in [-0.25, -0.2) is 4.79 Å². The molecule has 0 aromatic heterocycles. The number of hydrogen-bond acceptors (Lipinski definition) is 3. The van der Waals surface area contributed by atoms with E-state index in [4.69, 9.17) is 28.9 Å². The zero-order chi connectivity index (χ0) is 19.8. The fraction of sp³-hybridized carbons (Fsp3) is 0.167. The number of carbonyl (C=O) groups is 3. The smallest absolute Gasteiger partial charge is 0.319 e. The molecule has 2 rings (SSSR count). The quantitative estimate of drug-likeness (QED) is 0.564. The Morgan fingerprint density at radius 3 is 2.48 bits per heavy atom. The Labute approximate surface area is 166 Å². The molecular formula is C18H18Cl2N4O3. The van der Waals surface area contributed by atoms with Crippen molar-refractivity contribution in [3.05, 3.63) is 63.6 Å². The summed E-state index contributed by atoms with van der Waals surface area (Å²) in [7, 11) is 0. The molecular weight excluding hydrogens is 391 g/mol. The van der Waals surface area contributed by atoms with Crippen molar-refractivity contribution < 1.29 is 14.4 Å². The van der Waals surface area contributed by atoms with Crippen molar-refractivity contribution >= 4 is 46.7 Å². The van der Waals surface area contributed by atoms with Crippen LogP contribution in [-0.2, 0) is 11.3 Å². The molecule has 0 atom stereocenters. The van der Waals surface area contributed by atoms with Crippen molar-refractivity contribution in [2.75, 3.05) is 11.9 Å². The van der Waals surface area contributed by atoms with E-state index in [0.29, 0.717) is 21.3 Å². The Balaban J connectivity index is 1.90. The van der Waals surface area contributed by atoms with Gasteiger partial charge in [-0.15, -0.1) is 0 Å². The number of carbonyl (C=O) groups excluding carboxylic acids is 3. The number of halogens is 2. The van der Waals surface area contributed by atoms with E-state index in [1.807, 2.05) is 0 Å². The minimum Gasteiger partial charge on any atom is -0.370 e. The van der Waals surface area contributed by atoms with Gasteiger partial charge in [-0.3, -0.25) is 9.59 Å². The van der Waals surface area contributed by atoms with E-state index < -0.39 is 11.9 Å². The highest BCUT2D eigenvalue weighted by Crippen LogP contribution is 2.20. The molecule has 0 bridgehead atoms. The van der Waals surface area contributed by atoms with Gasteiger partial charge in [0.05, 0.1) is 0 Å². The van der Waals surface area contributed by atoms with Crippen LogP contribution in [-0.4, -0.2) is 24.4 Å². The number of anilines is 1. The lowest BCUT2D eigenvalue weighted by atomic mass is 10.2. The van der Waals surface area contributed by atoms with E-state index in [1.165, 1.54) is 6.07 Å². The maximum absolute atomic E-state index is 12.0. The summed E-state index contributed by atoms with van der Waals surface area (Å²) < 4.78 is 0. The molecule has 27 heavy (non-hydrogen) atoms. The fourth-order valence-corrected chi connectivity index (χ4v) is 2.63. The minimum atomic E-state index is -0.497. The van der Waals surface area contributed by atoms with E-state index in [1.54, 1.807) is 36.4 Å². The SMILES string of the molecule is NC(=O)CCNC(=O)c1cccc(NC(=O)NCc2ccc(Cl)cc2Cl)c1. The zero-order valence-corrected chi connectivity index (χ0v) is 15.7.